The topological polar surface area (TPSA) is 66.8 Å². The Morgan fingerprint density at radius 3 is 2.28 bits per heavy atom. The molecule has 0 saturated heterocycles. The van der Waals surface area contributed by atoms with Crippen molar-refractivity contribution in [3.63, 3.8) is 0 Å². The lowest BCUT2D eigenvalue weighted by molar-refractivity contribution is 0.154. The number of methoxy groups -OCH3 is 1. The van der Waals surface area contributed by atoms with Gasteiger partial charge in [-0.2, -0.15) is 4.31 Å². The Bertz CT molecular complexity index is 838. The molecule has 2 aromatic carbocycles. The minimum Gasteiger partial charge on any atom is -0.497 e. The third-order valence-electron chi connectivity index (χ3n) is 4.18. The lowest BCUT2D eigenvalue weighted by Crippen LogP contribution is -2.32. The Labute approximate surface area is 149 Å². The van der Waals surface area contributed by atoms with Gasteiger partial charge in [0.2, 0.25) is 10.0 Å². The van der Waals surface area contributed by atoms with Crippen LogP contribution >= 0.6 is 0 Å². The van der Waals surface area contributed by atoms with Crippen LogP contribution in [0.15, 0.2) is 41.3 Å². The van der Waals surface area contributed by atoms with E-state index in [2.05, 4.69) is 0 Å². The molecular formula is C19H25NO4S. The molecule has 0 aliphatic carbocycles. The molecule has 136 valence electrons. The Balaban J connectivity index is 2.28. The summed E-state index contributed by atoms with van der Waals surface area (Å²) in [7, 11) is -0.664. The molecule has 0 fully saturated rings. The predicted octanol–water partition coefficient (Wildman–Crippen LogP) is 2.97. The van der Waals surface area contributed by atoms with Crippen LogP contribution in [-0.4, -0.2) is 38.5 Å². The van der Waals surface area contributed by atoms with Crippen molar-refractivity contribution >= 4 is 10.0 Å². The largest absolute Gasteiger partial charge is 0.497 e. The number of hydrogen-bond acceptors (Lipinski definition) is 4. The monoisotopic (exact) mass is 363 g/mol. The highest BCUT2D eigenvalue weighted by Crippen LogP contribution is 2.26. The number of ether oxygens (including phenoxy) is 1. The fraction of sp³-hybridized carbons (Fsp3) is 0.368. The molecule has 0 saturated carbocycles. The van der Waals surface area contributed by atoms with Crippen LogP contribution in [0.4, 0.5) is 0 Å². The van der Waals surface area contributed by atoms with Crippen molar-refractivity contribution in [1.82, 2.24) is 4.31 Å². The average molecular weight is 363 g/mol. The maximum Gasteiger partial charge on any atom is 0.243 e. The molecule has 0 amide bonds. The second-order valence-corrected chi connectivity index (χ2v) is 8.29. The number of benzene rings is 2. The maximum atomic E-state index is 13.0. The van der Waals surface area contributed by atoms with Gasteiger partial charge in [0.15, 0.2) is 0 Å². The summed E-state index contributed by atoms with van der Waals surface area (Å²) in [5.41, 5.74) is 3.05. The summed E-state index contributed by atoms with van der Waals surface area (Å²) in [4.78, 5) is 0.304. The summed E-state index contributed by atoms with van der Waals surface area (Å²) in [6.07, 6.45) is -0.944. The zero-order valence-corrected chi connectivity index (χ0v) is 16.1. The number of hydrogen-bond donors (Lipinski definition) is 1. The van der Waals surface area contributed by atoms with E-state index in [1.807, 2.05) is 19.1 Å². The number of nitrogens with zero attached hydrogens (tertiary/aromatic N) is 1. The Morgan fingerprint density at radius 1 is 1.12 bits per heavy atom. The van der Waals surface area contributed by atoms with Crippen molar-refractivity contribution in [2.75, 3.05) is 20.7 Å². The van der Waals surface area contributed by atoms with Crippen LogP contribution in [0, 0.1) is 20.8 Å². The summed E-state index contributed by atoms with van der Waals surface area (Å²) in [6, 6.07) is 10.7. The van der Waals surface area contributed by atoms with Gasteiger partial charge < -0.3 is 9.84 Å². The van der Waals surface area contributed by atoms with Gasteiger partial charge in [-0.05, 0) is 49.6 Å². The smallest absolute Gasteiger partial charge is 0.243 e. The predicted molar refractivity (Wildman–Crippen MR) is 98.4 cm³/mol. The number of aryl methyl sites for hydroxylation is 3. The van der Waals surface area contributed by atoms with Crippen LogP contribution in [0.5, 0.6) is 5.75 Å². The fourth-order valence-corrected chi connectivity index (χ4v) is 4.61. The third kappa shape index (κ3) is 4.21. The van der Waals surface area contributed by atoms with Crippen LogP contribution in [0.1, 0.15) is 28.4 Å². The second kappa shape index (κ2) is 7.56. The molecule has 6 heteroatoms. The zero-order valence-electron chi connectivity index (χ0n) is 15.3. The Morgan fingerprint density at radius 2 is 1.72 bits per heavy atom. The molecule has 0 spiro atoms. The molecule has 2 rings (SSSR count). The average Bonchev–Trinajstić information content (AvgIpc) is 2.53. The highest BCUT2D eigenvalue weighted by atomic mass is 32.2. The molecule has 1 atom stereocenters. The van der Waals surface area contributed by atoms with Crippen LogP contribution in [-0.2, 0) is 10.0 Å². The summed E-state index contributed by atoms with van der Waals surface area (Å²) in [5, 5.41) is 10.4. The van der Waals surface area contributed by atoms with Gasteiger partial charge in [-0.3, -0.25) is 0 Å². The van der Waals surface area contributed by atoms with E-state index in [0.29, 0.717) is 27.3 Å². The first-order valence-electron chi connectivity index (χ1n) is 8.03. The fourth-order valence-electron chi connectivity index (χ4n) is 3.03. The first-order valence-corrected chi connectivity index (χ1v) is 9.47. The minimum absolute atomic E-state index is 0.0394. The van der Waals surface area contributed by atoms with Crippen molar-refractivity contribution in [2.24, 2.45) is 0 Å². The van der Waals surface area contributed by atoms with Gasteiger partial charge in [0.25, 0.3) is 0 Å². The van der Waals surface area contributed by atoms with Crippen molar-refractivity contribution < 1.29 is 18.3 Å². The van der Waals surface area contributed by atoms with E-state index in [4.69, 9.17) is 4.74 Å². The molecule has 5 nitrogen and oxygen atoms in total. The number of sulfonamides is 1. The number of likely N-dealkylation sites (N-methyl/N-ethyl adjacent to an activating group) is 1. The maximum absolute atomic E-state index is 13.0. The van der Waals surface area contributed by atoms with Gasteiger partial charge in [0.1, 0.15) is 5.75 Å². The van der Waals surface area contributed by atoms with Crippen molar-refractivity contribution in [3.05, 3.63) is 58.7 Å². The van der Waals surface area contributed by atoms with Crippen molar-refractivity contribution in [3.8, 4) is 5.75 Å². The van der Waals surface area contributed by atoms with Crippen molar-refractivity contribution in [2.45, 2.75) is 31.8 Å². The van der Waals surface area contributed by atoms with E-state index in [-0.39, 0.29) is 6.54 Å². The van der Waals surface area contributed by atoms with Gasteiger partial charge in [0.05, 0.1) is 18.1 Å². The quantitative estimate of drug-likeness (QED) is 0.857. The SMILES string of the molecule is COc1cccc(C(O)CN(C)S(=O)(=O)c2c(C)cc(C)cc2C)c1. The molecule has 0 aromatic heterocycles. The second-order valence-electron chi connectivity index (χ2n) is 6.31. The molecule has 1 N–H and O–H groups in total. The molecule has 0 radical (unpaired) electrons. The normalized spacial score (nSPS) is 13.1. The van der Waals surface area contributed by atoms with Gasteiger partial charge in [-0.1, -0.05) is 29.8 Å². The van der Waals surface area contributed by atoms with E-state index in [1.54, 1.807) is 45.2 Å². The molecule has 1 unspecified atom stereocenters. The zero-order chi connectivity index (χ0) is 18.8. The van der Waals surface area contributed by atoms with Gasteiger partial charge in [-0.25, -0.2) is 8.42 Å². The van der Waals surface area contributed by atoms with Crippen LogP contribution in [0.3, 0.4) is 0 Å². The molecule has 0 bridgehead atoms. The minimum atomic E-state index is -3.69. The van der Waals surface area contributed by atoms with Gasteiger partial charge in [-0.15, -0.1) is 0 Å². The molecular weight excluding hydrogens is 338 g/mol. The van der Waals surface area contributed by atoms with E-state index in [0.717, 1.165) is 5.56 Å². The number of aliphatic hydroxyl groups is 1. The Hall–Kier alpha value is -1.89. The first kappa shape index (κ1) is 19.4. The molecule has 0 heterocycles. The number of rotatable bonds is 6. The van der Waals surface area contributed by atoms with Gasteiger partial charge >= 0.3 is 0 Å². The van der Waals surface area contributed by atoms with E-state index < -0.39 is 16.1 Å². The lowest BCUT2D eigenvalue weighted by atomic mass is 10.1. The molecule has 0 aliphatic heterocycles. The van der Waals surface area contributed by atoms with E-state index in [1.165, 1.54) is 11.4 Å². The van der Waals surface area contributed by atoms with Crippen LogP contribution in [0.25, 0.3) is 0 Å². The van der Waals surface area contributed by atoms with Gasteiger partial charge in [0, 0.05) is 13.6 Å². The molecule has 2 aromatic rings. The highest BCUT2D eigenvalue weighted by molar-refractivity contribution is 7.89. The summed E-state index contributed by atoms with van der Waals surface area (Å²) in [6.45, 7) is 5.48. The van der Waals surface area contributed by atoms with E-state index in [9.17, 15) is 13.5 Å². The van der Waals surface area contributed by atoms with E-state index >= 15 is 0 Å². The standard InChI is InChI=1S/C19H25NO4S/c1-13-9-14(2)19(15(3)10-13)25(22,23)20(4)12-18(21)16-7-6-8-17(11-16)24-5/h6-11,18,21H,12H2,1-5H3. The van der Waals surface area contributed by atoms with Crippen LogP contribution < -0.4 is 4.74 Å². The highest BCUT2D eigenvalue weighted by Gasteiger charge is 2.27. The molecule has 25 heavy (non-hydrogen) atoms. The lowest BCUT2D eigenvalue weighted by Gasteiger charge is -2.23. The third-order valence-corrected chi connectivity index (χ3v) is 6.31. The Kier molecular flexibility index (Phi) is 5.87. The summed E-state index contributed by atoms with van der Waals surface area (Å²) < 4.78 is 32.3. The summed E-state index contributed by atoms with van der Waals surface area (Å²) in [5.74, 6) is 0.618. The summed E-state index contributed by atoms with van der Waals surface area (Å²) >= 11 is 0. The first-order chi connectivity index (χ1) is 11.7. The van der Waals surface area contributed by atoms with Crippen molar-refractivity contribution in [1.29, 1.82) is 0 Å². The number of aliphatic hydroxyl groups excluding tert-OH is 1. The van der Waals surface area contributed by atoms with Crippen LogP contribution in [0.2, 0.25) is 0 Å². The molecule has 0 aliphatic rings.